The topological polar surface area (TPSA) is 46.3 Å². The Bertz CT molecular complexity index is 183. The number of amides is 2. The van der Waals surface area contributed by atoms with Gasteiger partial charge in [-0.25, -0.2) is 4.79 Å². The molecule has 0 spiro atoms. The van der Waals surface area contributed by atoms with Crippen LogP contribution in [0.15, 0.2) is 0 Å². The van der Waals surface area contributed by atoms with Gasteiger partial charge in [0.1, 0.15) is 0 Å². The Morgan fingerprint density at radius 2 is 2.50 bits per heavy atom. The number of nitrogens with two attached hydrogens (primary N) is 1. The molecule has 1 unspecified atom stereocenters. The van der Waals surface area contributed by atoms with Gasteiger partial charge in [-0.15, -0.1) is 6.42 Å². The minimum atomic E-state index is -0.402. The molecule has 10 heavy (non-hydrogen) atoms. The van der Waals surface area contributed by atoms with E-state index in [1.54, 1.807) is 0 Å². The van der Waals surface area contributed by atoms with E-state index in [2.05, 4.69) is 5.92 Å². The Morgan fingerprint density at radius 1 is 1.80 bits per heavy atom. The minimum Gasteiger partial charge on any atom is -0.351 e. The molecule has 2 N–H and O–H groups in total. The molecule has 3 nitrogen and oxygen atoms in total. The highest BCUT2D eigenvalue weighted by Crippen LogP contribution is 2.14. The van der Waals surface area contributed by atoms with Crippen LogP contribution in [0, 0.1) is 12.3 Å². The van der Waals surface area contributed by atoms with E-state index in [1.807, 2.05) is 0 Å². The predicted molar refractivity (Wildman–Crippen MR) is 38.1 cm³/mol. The van der Waals surface area contributed by atoms with Crippen molar-refractivity contribution in [3.05, 3.63) is 0 Å². The zero-order valence-corrected chi connectivity index (χ0v) is 5.71. The van der Waals surface area contributed by atoms with Crippen molar-refractivity contribution in [3.8, 4) is 12.3 Å². The Balaban J connectivity index is 2.61. The van der Waals surface area contributed by atoms with Crippen LogP contribution >= 0.6 is 0 Å². The molecule has 1 fully saturated rings. The van der Waals surface area contributed by atoms with Gasteiger partial charge >= 0.3 is 6.03 Å². The molecule has 0 aromatic carbocycles. The minimum absolute atomic E-state index is 0.0579. The number of urea groups is 1. The van der Waals surface area contributed by atoms with Gasteiger partial charge in [0, 0.05) is 6.54 Å². The lowest BCUT2D eigenvalue weighted by molar-refractivity contribution is 0.211. The smallest absolute Gasteiger partial charge is 0.315 e. The zero-order valence-electron chi connectivity index (χ0n) is 5.71. The lowest BCUT2D eigenvalue weighted by atomic mass is 10.2. The van der Waals surface area contributed by atoms with E-state index in [9.17, 15) is 4.79 Å². The maximum atomic E-state index is 10.6. The fraction of sp³-hybridized carbons (Fsp3) is 0.571. The number of rotatable bonds is 0. The number of hydrogen-bond acceptors (Lipinski definition) is 1. The summed E-state index contributed by atoms with van der Waals surface area (Å²) in [6.45, 7) is 0.712. The van der Waals surface area contributed by atoms with Crippen LogP contribution in [0.2, 0.25) is 0 Å². The SMILES string of the molecule is C#CC1CCCN1C(N)=O. The highest BCUT2D eigenvalue weighted by Gasteiger charge is 2.24. The maximum Gasteiger partial charge on any atom is 0.315 e. The molecule has 0 aromatic rings. The van der Waals surface area contributed by atoms with Crippen molar-refractivity contribution >= 4 is 6.03 Å². The van der Waals surface area contributed by atoms with Gasteiger partial charge in [-0.3, -0.25) is 0 Å². The zero-order chi connectivity index (χ0) is 7.56. The van der Waals surface area contributed by atoms with Crippen LogP contribution in [-0.2, 0) is 0 Å². The van der Waals surface area contributed by atoms with E-state index < -0.39 is 6.03 Å². The van der Waals surface area contributed by atoms with Crippen LogP contribution in [-0.4, -0.2) is 23.5 Å². The standard InChI is InChI=1S/C7H10N2O/c1-2-6-4-3-5-9(6)7(8)10/h1,6H,3-5H2,(H2,8,10). The second-order valence-electron chi connectivity index (χ2n) is 2.36. The molecule has 1 atom stereocenters. The largest absolute Gasteiger partial charge is 0.351 e. The van der Waals surface area contributed by atoms with Crippen LogP contribution < -0.4 is 5.73 Å². The number of primary amides is 1. The van der Waals surface area contributed by atoms with Crippen molar-refractivity contribution in [2.75, 3.05) is 6.54 Å². The summed E-state index contributed by atoms with van der Waals surface area (Å²) < 4.78 is 0. The third kappa shape index (κ3) is 1.06. The number of carbonyl (C=O) groups is 1. The first-order chi connectivity index (χ1) is 4.75. The van der Waals surface area contributed by atoms with Crippen molar-refractivity contribution < 1.29 is 4.79 Å². The highest BCUT2D eigenvalue weighted by molar-refractivity contribution is 5.73. The predicted octanol–water partition coefficient (Wildman–Crippen LogP) is 0.163. The highest BCUT2D eigenvalue weighted by atomic mass is 16.2. The van der Waals surface area contributed by atoms with Crippen LogP contribution in [0.3, 0.4) is 0 Å². The monoisotopic (exact) mass is 138 g/mol. The molecule has 1 rings (SSSR count). The van der Waals surface area contributed by atoms with Gasteiger partial charge in [0.05, 0.1) is 6.04 Å². The summed E-state index contributed by atoms with van der Waals surface area (Å²) in [6.07, 6.45) is 7.02. The molecule has 3 heteroatoms. The Morgan fingerprint density at radius 3 is 2.90 bits per heavy atom. The molecule has 0 aliphatic carbocycles. The van der Waals surface area contributed by atoms with Crippen molar-refractivity contribution in [2.24, 2.45) is 5.73 Å². The van der Waals surface area contributed by atoms with Crippen molar-refractivity contribution in [1.82, 2.24) is 4.90 Å². The second kappa shape index (κ2) is 2.61. The van der Waals surface area contributed by atoms with E-state index in [0.717, 1.165) is 12.8 Å². The molecule has 0 aromatic heterocycles. The van der Waals surface area contributed by atoms with Gasteiger partial charge in [-0.05, 0) is 12.8 Å². The third-order valence-electron chi connectivity index (χ3n) is 1.73. The number of hydrogen-bond donors (Lipinski definition) is 1. The Hall–Kier alpha value is -1.17. The van der Waals surface area contributed by atoms with E-state index >= 15 is 0 Å². The Kier molecular flexibility index (Phi) is 1.81. The number of carbonyl (C=O) groups excluding carboxylic acids is 1. The number of likely N-dealkylation sites (tertiary alicyclic amines) is 1. The van der Waals surface area contributed by atoms with Crippen LogP contribution in [0.25, 0.3) is 0 Å². The van der Waals surface area contributed by atoms with Gasteiger partial charge in [0.15, 0.2) is 0 Å². The molecule has 0 bridgehead atoms. The molecule has 1 saturated heterocycles. The molecule has 0 radical (unpaired) electrons. The van der Waals surface area contributed by atoms with Gasteiger partial charge in [-0.2, -0.15) is 0 Å². The normalized spacial score (nSPS) is 24.3. The van der Waals surface area contributed by atoms with E-state index in [4.69, 9.17) is 12.2 Å². The van der Waals surface area contributed by atoms with Crippen LogP contribution in [0.4, 0.5) is 4.79 Å². The fourth-order valence-corrected chi connectivity index (χ4v) is 1.20. The average molecular weight is 138 g/mol. The van der Waals surface area contributed by atoms with Gasteiger partial charge in [0.2, 0.25) is 0 Å². The van der Waals surface area contributed by atoms with E-state index in [1.165, 1.54) is 4.90 Å². The first-order valence-corrected chi connectivity index (χ1v) is 3.28. The summed E-state index contributed by atoms with van der Waals surface area (Å²) in [6, 6.07) is -0.460. The Labute approximate surface area is 60.2 Å². The molecule has 1 heterocycles. The molecule has 1 aliphatic heterocycles. The summed E-state index contributed by atoms with van der Waals surface area (Å²) in [7, 11) is 0. The van der Waals surface area contributed by atoms with Crippen molar-refractivity contribution in [3.63, 3.8) is 0 Å². The molecule has 2 amide bonds. The molecular formula is C7H10N2O. The molecule has 1 aliphatic rings. The van der Waals surface area contributed by atoms with Crippen LogP contribution in [0.1, 0.15) is 12.8 Å². The molecular weight excluding hydrogens is 128 g/mol. The van der Waals surface area contributed by atoms with Gasteiger partial charge in [0.25, 0.3) is 0 Å². The first kappa shape index (κ1) is 6.94. The lowest BCUT2D eigenvalue weighted by Crippen LogP contribution is -2.38. The molecule has 0 saturated carbocycles. The third-order valence-corrected chi connectivity index (χ3v) is 1.73. The second-order valence-corrected chi connectivity index (χ2v) is 2.36. The summed E-state index contributed by atoms with van der Waals surface area (Å²) >= 11 is 0. The fourth-order valence-electron chi connectivity index (χ4n) is 1.20. The van der Waals surface area contributed by atoms with Gasteiger partial charge < -0.3 is 10.6 Å². The summed E-state index contributed by atoms with van der Waals surface area (Å²) in [5, 5.41) is 0. The lowest BCUT2D eigenvalue weighted by Gasteiger charge is -2.16. The first-order valence-electron chi connectivity index (χ1n) is 3.28. The molecule has 54 valence electrons. The number of nitrogens with zero attached hydrogens (tertiary/aromatic N) is 1. The van der Waals surface area contributed by atoms with E-state index in [-0.39, 0.29) is 6.04 Å². The van der Waals surface area contributed by atoms with Gasteiger partial charge in [-0.1, -0.05) is 5.92 Å². The summed E-state index contributed by atoms with van der Waals surface area (Å²) in [5.41, 5.74) is 5.06. The number of terminal acetylenes is 1. The quantitative estimate of drug-likeness (QED) is 0.476. The summed E-state index contributed by atoms with van der Waals surface area (Å²) in [5.74, 6) is 2.52. The van der Waals surface area contributed by atoms with Crippen molar-refractivity contribution in [2.45, 2.75) is 18.9 Å². The van der Waals surface area contributed by atoms with Crippen molar-refractivity contribution in [1.29, 1.82) is 0 Å². The van der Waals surface area contributed by atoms with Crippen LogP contribution in [0.5, 0.6) is 0 Å². The average Bonchev–Trinajstić information content (AvgIpc) is 2.33. The summed E-state index contributed by atoms with van der Waals surface area (Å²) in [4.78, 5) is 12.2. The maximum absolute atomic E-state index is 10.6. The van der Waals surface area contributed by atoms with E-state index in [0.29, 0.717) is 6.54 Å².